The number of hydrogen-bond acceptors (Lipinski definition) is 3. The molecule has 0 aromatic heterocycles. The number of carbonyl (C=O) groups excluding carboxylic acids is 1. The van der Waals surface area contributed by atoms with Crippen molar-refractivity contribution in [1.82, 2.24) is 5.01 Å². The second kappa shape index (κ2) is 7.57. The standard InChI is InChI=1S/C18H16F2N2OS/c19-15-7-6-13(10-16(15)20)11-24-12-18(23)22-9-8-17(21-22)14-4-2-1-3-5-14/h1-7,10H,8-9,11-12H2. The van der Waals surface area contributed by atoms with Crippen molar-refractivity contribution in [1.29, 1.82) is 0 Å². The van der Waals surface area contributed by atoms with Gasteiger partial charge in [-0.25, -0.2) is 13.8 Å². The lowest BCUT2D eigenvalue weighted by Gasteiger charge is -2.11. The van der Waals surface area contributed by atoms with E-state index in [9.17, 15) is 13.6 Å². The van der Waals surface area contributed by atoms with Crippen LogP contribution in [-0.4, -0.2) is 28.9 Å². The summed E-state index contributed by atoms with van der Waals surface area (Å²) < 4.78 is 26.0. The number of hydrogen-bond donors (Lipinski definition) is 0. The van der Waals surface area contributed by atoms with Crippen LogP contribution in [0, 0.1) is 11.6 Å². The minimum atomic E-state index is -0.865. The fourth-order valence-corrected chi connectivity index (χ4v) is 3.27. The molecule has 1 amide bonds. The summed E-state index contributed by atoms with van der Waals surface area (Å²) in [4.78, 5) is 12.2. The third-order valence-corrected chi connectivity index (χ3v) is 4.66. The van der Waals surface area contributed by atoms with Crippen molar-refractivity contribution in [3.63, 3.8) is 0 Å². The van der Waals surface area contributed by atoms with Gasteiger partial charge in [-0.2, -0.15) is 5.10 Å². The van der Waals surface area contributed by atoms with Gasteiger partial charge in [-0.15, -0.1) is 11.8 Å². The average Bonchev–Trinajstić information content (AvgIpc) is 3.09. The highest BCUT2D eigenvalue weighted by molar-refractivity contribution is 7.99. The third kappa shape index (κ3) is 4.00. The van der Waals surface area contributed by atoms with Crippen LogP contribution in [0.15, 0.2) is 53.6 Å². The maximum absolute atomic E-state index is 13.1. The molecule has 3 rings (SSSR count). The van der Waals surface area contributed by atoms with E-state index in [-0.39, 0.29) is 11.7 Å². The summed E-state index contributed by atoms with van der Waals surface area (Å²) in [6.07, 6.45) is 0.740. The number of halogens is 2. The van der Waals surface area contributed by atoms with Gasteiger partial charge in [-0.3, -0.25) is 4.79 Å². The Balaban J connectivity index is 1.52. The molecule has 0 saturated heterocycles. The Labute approximate surface area is 143 Å². The Morgan fingerprint density at radius 2 is 1.92 bits per heavy atom. The molecule has 0 aliphatic carbocycles. The maximum Gasteiger partial charge on any atom is 0.252 e. The minimum Gasteiger partial charge on any atom is -0.272 e. The molecular weight excluding hydrogens is 330 g/mol. The Kier molecular flexibility index (Phi) is 5.25. The van der Waals surface area contributed by atoms with Crippen LogP contribution in [0.25, 0.3) is 0 Å². The molecule has 2 aromatic rings. The smallest absolute Gasteiger partial charge is 0.252 e. The molecule has 0 saturated carbocycles. The van der Waals surface area contributed by atoms with Crippen LogP contribution in [0.4, 0.5) is 8.78 Å². The zero-order valence-electron chi connectivity index (χ0n) is 12.9. The van der Waals surface area contributed by atoms with Crippen LogP contribution in [0.3, 0.4) is 0 Å². The van der Waals surface area contributed by atoms with Crippen molar-refractivity contribution in [2.75, 3.05) is 12.3 Å². The fraction of sp³-hybridized carbons (Fsp3) is 0.222. The Morgan fingerprint density at radius 3 is 2.67 bits per heavy atom. The van der Waals surface area contributed by atoms with Crippen molar-refractivity contribution >= 4 is 23.4 Å². The SMILES string of the molecule is O=C(CSCc1ccc(F)c(F)c1)N1CCC(c2ccccc2)=N1. The number of rotatable bonds is 5. The third-order valence-electron chi connectivity index (χ3n) is 3.68. The predicted molar refractivity (Wildman–Crippen MR) is 91.8 cm³/mol. The van der Waals surface area contributed by atoms with Crippen LogP contribution < -0.4 is 0 Å². The molecule has 124 valence electrons. The fourth-order valence-electron chi connectivity index (χ4n) is 2.43. The molecule has 1 heterocycles. The van der Waals surface area contributed by atoms with E-state index >= 15 is 0 Å². The highest BCUT2D eigenvalue weighted by Gasteiger charge is 2.21. The summed E-state index contributed by atoms with van der Waals surface area (Å²) in [5.41, 5.74) is 2.60. The molecule has 0 atom stereocenters. The first-order chi connectivity index (χ1) is 11.6. The van der Waals surface area contributed by atoms with Crippen molar-refractivity contribution in [3.05, 3.63) is 71.3 Å². The molecule has 0 unspecified atom stereocenters. The van der Waals surface area contributed by atoms with E-state index < -0.39 is 11.6 Å². The first-order valence-electron chi connectivity index (χ1n) is 7.58. The lowest BCUT2D eigenvalue weighted by Crippen LogP contribution is -2.25. The molecule has 0 fully saturated rings. The minimum absolute atomic E-state index is 0.0754. The highest BCUT2D eigenvalue weighted by atomic mass is 32.2. The van der Waals surface area contributed by atoms with Crippen LogP contribution in [-0.2, 0) is 10.5 Å². The number of carbonyl (C=O) groups is 1. The van der Waals surface area contributed by atoms with Gasteiger partial charge < -0.3 is 0 Å². The molecule has 0 bridgehead atoms. The van der Waals surface area contributed by atoms with E-state index in [0.717, 1.165) is 29.8 Å². The van der Waals surface area contributed by atoms with E-state index in [1.165, 1.54) is 22.8 Å². The van der Waals surface area contributed by atoms with Crippen molar-refractivity contribution in [2.45, 2.75) is 12.2 Å². The van der Waals surface area contributed by atoms with Crippen LogP contribution in [0.1, 0.15) is 17.5 Å². The van der Waals surface area contributed by atoms with Gasteiger partial charge in [0.05, 0.1) is 18.0 Å². The quantitative estimate of drug-likeness (QED) is 0.824. The molecular formula is C18H16F2N2OS. The Bertz CT molecular complexity index is 765. The average molecular weight is 346 g/mol. The van der Waals surface area contributed by atoms with Crippen molar-refractivity contribution < 1.29 is 13.6 Å². The molecule has 24 heavy (non-hydrogen) atoms. The van der Waals surface area contributed by atoms with Gasteiger partial charge in [0.2, 0.25) is 0 Å². The maximum atomic E-state index is 13.1. The Morgan fingerprint density at radius 1 is 1.12 bits per heavy atom. The predicted octanol–water partition coefficient (Wildman–Crippen LogP) is 3.83. The van der Waals surface area contributed by atoms with Crippen LogP contribution in [0.2, 0.25) is 0 Å². The molecule has 1 aliphatic heterocycles. The van der Waals surface area contributed by atoms with Gasteiger partial charge in [0, 0.05) is 12.2 Å². The largest absolute Gasteiger partial charge is 0.272 e. The summed E-state index contributed by atoms with van der Waals surface area (Å²) in [6.45, 7) is 0.578. The summed E-state index contributed by atoms with van der Waals surface area (Å²) in [6, 6.07) is 13.6. The first-order valence-corrected chi connectivity index (χ1v) is 8.74. The first kappa shape index (κ1) is 16.6. The van der Waals surface area contributed by atoms with Gasteiger partial charge in [0.25, 0.3) is 5.91 Å². The molecule has 0 N–H and O–H groups in total. The summed E-state index contributed by atoms with van der Waals surface area (Å²) in [5, 5.41) is 5.87. The molecule has 3 nitrogen and oxygen atoms in total. The topological polar surface area (TPSA) is 32.7 Å². The molecule has 6 heteroatoms. The van der Waals surface area contributed by atoms with E-state index in [1.807, 2.05) is 30.3 Å². The van der Waals surface area contributed by atoms with Crippen LogP contribution >= 0.6 is 11.8 Å². The van der Waals surface area contributed by atoms with E-state index in [1.54, 1.807) is 0 Å². The van der Waals surface area contributed by atoms with E-state index in [4.69, 9.17) is 0 Å². The number of hydrazone groups is 1. The number of nitrogens with zero attached hydrogens (tertiary/aromatic N) is 2. The Hall–Kier alpha value is -2.21. The van der Waals surface area contributed by atoms with Gasteiger partial charge in [0.1, 0.15) is 0 Å². The number of amides is 1. The second-order valence-corrected chi connectivity index (χ2v) is 6.41. The lowest BCUT2D eigenvalue weighted by molar-refractivity contribution is -0.127. The van der Waals surface area contributed by atoms with Crippen molar-refractivity contribution in [2.24, 2.45) is 5.10 Å². The van der Waals surface area contributed by atoms with Gasteiger partial charge in [-0.05, 0) is 23.3 Å². The normalized spacial score (nSPS) is 13.9. The number of benzene rings is 2. The van der Waals surface area contributed by atoms with Gasteiger partial charge in [-0.1, -0.05) is 36.4 Å². The second-order valence-electron chi connectivity index (χ2n) is 5.42. The van der Waals surface area contributed by atoms with E-state index in [2.05, 4.69) is 5.10 Å². The molecule has 1 aliphatic rings. The zero-order chi connectivity index (χ0) is 16.9. The number of thioether (sulfide) groups is 1. The van der Waals surface area contributed by atoms with Crippen LogP contribution in [0.5, 0.6) is 0 Å². The molecule has 2 aromatic carbocycles. The summed E-state index contributed by atoms with van der Waals surface area (Å²) in [7, 11) is 0. The summed E-state index contributed by atoms with van der Waals surface area (Å²) >= 11 is 1.36. The summed E-state index contributed by atoms with van der Waals surface area (Å²) in [5.74, 6) is -1.10. The molecule has 0 spiro atoms. The highest BCUT2D eigenvalue weighted by Crippen LogP contribution is 2.18. The van der Waals surface area contributed by atoms with Gasteiger partial charge in [0.15, 0.2) is 11.6 Å². The lowest BCUT2D eigenvalue weighted by atomic mass is 10.1. The van der Waals surface area contributed by atoms with E-state index in [0.29, 0.717) is 17.9 Å². The molecule has 0 radical (unpaired) electrons. The van der Waals surface area contributed by atoms with Gasteiger partial charge >= 0.3 is 0 Å². The monoisotopic (exact) mass is 346 g/mol. The van der Waals surface area contributed by atoms with Crippen molar-refractivity contribution in [3.8, 4) is 0 Å². The zero-order valence-corrected chi connectivity index (χ0v) is 13.7.